The van der Waals surface area contributed by atoms with E-state index in [4.69, 9.17) is 27.9 Å². The van der Waals surface area contributed by atoms with E-state index < -0.39 is 5.82 Å². The summed E-state index contributed by atoms with van der Waals surface area (Å²) in [6.07, 6.45) is 1.58. The Morgan fingerprint density at radius 1 is 1.33 bits per heavy atom. The van der Waals surface area contributed by atoms with Crippen LogP contribution in [0.25, 0.3) is 0 Å². The first-order valence-electron chi connectivity index (χ1n) is 4.93. The predicted molar refractivity (Wildman–Crippen MR) is 73.0 cm³/mol. The molecule has 0 radical (unpaired) electrons. The van der Waals surface area contributed by atoms with Gasteiger partial charge >= 0.3 is 0 Å². The van der Waals surface area contributed by atoms with Gasteiger partial charge in [0.25, 0.3) is 0 Å². The van der Waals surface area contributed by atoms with Gasteiger partial charge in [-0.25, -0.2) is 9.37 Å². The summed E-state index contributed by atoms with van der Waals surface area (Å²) in [5.74, 6) is 0.365. The number of pyridine rings is 1. The third kappa shape index (κ3) is 3.13. The number of hydrogen-bond donors (Lipinski definition) is 0. The van der Waals surface area contributed by atoms with Gasteiger partial charge in [0.05, 0.1) is 10.9 Å². The zero-order valence-electron chi connectivity index (χ0n) is 8.96. The minimum atomic E-state index is -0.543. The molecule has 0 fully saturated rings. The van der Waals surface area contributed by atoms with Gasteiger partial charge in [-0.15, -0.1) is 11.6 Å². The van der Waals surface area contributed by atoms with Crippen molar-refractivity contribution in [1.82, 2.24) is 4.98 Å². The molecule has 6 heteroatoms. The summed E-state index contributed by atoms with van der Waals surface area (Å²) < 4.78 is 19.5. The Labute approximate surface area is 122 Å². The molecule has 0 saturated carbocycles. The van der Waals surface area contributed by atoms with E-state index in [1.165, 1.54) is 12.1 Å². The first-order valence-corrected chi connectivity index (χ1v) is 6.64. The van der Waals surface area contributed by atoms with Crippen LogP contribution in [0.4, 0.5) is 4.39 Å². The standard InChI is InChI=1S/C12H7BrCl2FNO/c13-8-3-7(5-14)12(17-6-8)18-9-1-2-10(15)11(16)4-9/h1-4,6H,5H2. The van der Waals surface area contributed by atoms with Gasteiger partial charge in [-0.3, -0.25) is 0 Å². The summed E-state index contributed by atoms with van der Waals surface area (Å²) in [4.78, 5) is 4.09. The number of benzene rings is 1. The number of hydrogen-bond acceptors (Lipinski definition) is 2. The number of ether oxygens (including phenoxy) is 1. The van der Waals surface area contributed by atoms with Crippen molar-refractivity contribution in [2.45, 2.75) is 5.88 Å². The van der Waals surface area contributed by atoms with Crippen molar-refractivity contribution in [3.63, 3.8) is 0 Å². The van der Waals surface area contributed by atoms with Crippen molar-refractivity contribution < 1.29 is 9.13 Å². The van der Waals surface area contributed by atoms with Gasteiger partial charge in [-0.2, -0.15) is 0 Å². The fraction of sp³-hybridized carbons (Fsp3) is 0.0833. The molecule has 1 aromatic heterocycles. The Morgan fingerprint density at radius 2 is 2.11 bits per heavy atom. The highest BCUT2D eigenvalue weighted by Gasteiger charge is 2.08. The largest absolute Gasteiger partial charge is 0.439 e. The van der Waals surface area contributed by atoms with Gasteiger partial charge in [0.15, 0.2) is 0 Å². The molecule has 0 spiro atoms. The molecule has 18 heavy (non-hydrogen) atoms. The van der Waals surface area contributed by atoms with E-state index in [0.29, 0.717) is 17.2 Å². The smallest absolute Gasteiger partial charge is 0.223 e. The zero-order chi connectivity index (χ0) is 13.1. The molecule has 0 aliphatic heterocycles. The molecule has 0 amide bonds. The van der Waals surface area contributed by atoms with Gasteiger partial charge in [-0.05, 0) is 34.1 Å². The second-order valence-electron chi connectivity index (χ2n) is 3.43. The Hall–Kier alpha value is -0.840. The number of alkyl halides is 1. The molecule has 0 saturated heterocycles. The van der Waals surface area contributed by atoms with E-state index in [-0.39, 0.29) is 10.9 Å². The average Bonchev–Trinajstić information content (AvgIpc) is 2.36. The van der Waals surface area contributed by atoms with Gasteiger partial charge in [0.1, 0.15) is 11.6 Å². The summed E-state index contributed by atoms with van der Waals surface area (Å²) in [5.41, 5.74) is 0.710. The van der Waals surface area contributed by atoms with Crippen LogP contribution in [0.3, 0.4) is 0 Å². The van der Waals surface area contributed by atoms with Crippen molar-refractivity contribution in [2.24, 2.45) is 0 Å². The van der Waals surface area contributed by atoms with E-state index in [2.05, 4.69) is 20.9 Å². The highest BCUT2D eigenvalue weighted by Crippen LogP contribution is 2.28. The van der Waals surface area contributed by atoms with Crippen molar-refractivity contribution in [1.29, 1.82) is 0 Å². The maximum Gasteiger partial charge on any atom is 0.223 e. The van der Waals surface area contributed by atoms with E-state index in [1.54, 1.807) is 18.3 Å². The van der Waals surface area contributed by atoms with Crippen LogP contribution in [0.1, 0.15) is 5.56 Å². The average molecular weight is 351 g/mol. The minimum Gasteiger partial charge on any atom is -0.439 e. The van der Waals surface area contributed by atoms with Gasteiger partial charge in [0, 0.05) is 22.3 Å². The number of rotatable bonds is 3. The third-order valence-corrected chi connectivity index (χ3v) is 3.17. The second-order valence-corrected chi connectivity index (χ2v) is 5.02. The van der Waals surface area contributed by atoms with Crippen LogP contribution in [0.5, 0.6) is 11.6 Å². The van der Waals surface area contributed by atoms with Crippen molar-refractivity contribution in [3.8, 4) is 11.6 Å². The normalized spacial score (nSPS) is 10.4. The molecule has 0 N–H and O–H groups in total. The molecule has 0 aliphatic carbocycles. The fourth-order valence-electron chi connectivity index (χ4n) is 1.31. The summed E-state index contributed by atoms with van der Waals surface area (Å²) >= 11 is 14.7. The molecular formula is C12H7BrCl2FNO. The van der Waals surface area contributed by atoms with Crippen molar-refractivity contribution >= 4 is 39.1 Å². The maximum absolute atomic E-state index is 13.3. The Kier molecular flexibility index (Phi) is 4.43. The van der Waals surface area contributed by atoms with Crippen LogP contribution >= 0.6 is 39.1 Å². The Bertz CT molecular complexity index is 580. The molecule has 2 nitrogen and oxygen atoms in total. The van der Waals surface area contributed by atoms with Gasteiger partial charge < -0.3 is 4.74 Å². The molecule has 0 atom stereocenters. The highest BCUT2D eigenvalue weighted by atomic mass is 79.9. The number of aromatic nitrogens is 1. The monoisotopic (exact) mass is 349 g/mol. The van der Waals surface area contributed by atoms with Crippen LogP contribution in [-0.4, -0.2) is 4.98 Å². The third-order valence-electron chi connectivity index (χ3n) is 2.14. The summed E-state index contributed by atoms with van der Waals surface area (Å²) in [6, 6.07) is 5.98. The zero-order valence-corrected chi connectivity index (χ0v) is 12.1. The number of halogens is 4. The fourth-order valence-corrected chi connectivity index (χ4v) is 2.00. The second kappa shape index (κ2) is 5.87. The maximum atomic E-state index is 13.3. The van der Waals surface area contributed by atoms with Gasteiger partial charge in [-0.1, -0.05) is 11.6 Å². The lowest BCUT2D eigenvalue weighted by Gasteiger charge is -2.09. The molecule has 1 heterocycles. The quantitative estimate of drug-likeness (QED) is 0.712. The first-order chi connectivity index (χ1) is 8.60. The molecule has 0 bridgehead atoms. The molecule has 1 aromatic carbocycles. The minimum absolute atomic E-state index is 0.0451. The summed E-state index contributed by atoms with van der Waals surface area (Å²) in [5, 5.41) is 0.0451. The molecule has 94 valence electrons. The number of nitrogens with zero attached hydrogens (tertiary/aromatic N) is 1. The van der Waals surface area contributed by atoms with E-state index >= 15 is 0 Å². The molecular weight excluding hydrogens is 344 g/mol. The summed E-state index contributed by atoms with van der Waals surface area (Å²) in [7, 11) is 0. The molecule has 2 rings (SSSR count). The van der Waals surface area contributed by atoms with Crippen LogP contribution < -0.4 is 4.74 Å². The van der Waals surface area contributed by atoms with Crippen LogP contribution in [0, 0.1) is 5.82 Å². The van der Waals surface area contributed by atoms with Crippen LogP contribution in [-0.2, 0) is 5.88 Å². The molecule has 0 aliphatic rings. The van der Waals surface area contributed by atoms with E-state index in [9.17, 15) is 4.39 Å². The van der Waals surface area contributed by atoms with E-state index in [0.717, 1.165) is 4.47 Å². The van der Waals surface area contributed by atoms with E-state index in [1.807, 2.05) is 0 Å². The Balaban J connectivity index is 2.30. The van der Waals surface area contributed by atoms with Crippen molar-refractivity contribution in [3.05, 3.63) is 51.3 Å². The van der Waals surface area contributed by atoms with Crippen molar-refractivity contribution in [2.75, 3.05) is 0 Å². The summed E-state index contributed by atoms with van der Waals surface area (Å²) in [6.45, 7) is 0. The SMILES string of the molecule is Fc1cc(Oc2ncc(Br)cc2CCl)ccc1Cl. The van der Waals surface area contributed by atoms with Crippen LogP contribution in [0.15, 0.2) is 34.9 Å². The predicted octanol–water partition coefficient (Wildman–Crippen LogP) is 5.17. The Morgan fingerprint density at radius 3 is 2.78 bits per heavy atom. The van der Waals surface area contributed by atoms with Crippen LogP contribution in [0.2, 0.25) is 5.02 Å². The molecule has 0 unspecified atom stereocenters. The molecule has 2 aromatic rings. The lowest BCUT2D eigenvalue weighted by Crippen LogP contribution is -1.93. The lowest BCUT2D eigenvalue weighted by molar-refractivity contribution is 0.453. The van der Waals surface area contributed by atoms with Gasteiger partial charge in [0.2, 0.25) is 5.88 Å². The lowest BCUT2D eigenvalue weighted by atomic mass is 10.3. The highest BCUT2D eigenvalue weighted by molar-refractivity contribution is 9.10. The first kappa shape index (κ1) is 13.6. The topological polar surface area (TPSA) is 22.1 Å².